The minimum absolute atomic E-state index is 0.0505. The van der Waals surface area contributed by atoms with E-state index in [1.165, 1.54) is 0 Å². The summed E-state index contributed by atoms with van der Waals surface area (Å²) in [4.78, 5) is 18.1. The summed E-state index contributed by atoms with van der Waals surface area (Å²) in [5.41, 5.74) is 3.14. The lowest BCUT2D eigenvalue weighted by atomic mass is 10.1. The van der Waals surface area contributed by atoms with Crippen LogP contribution in [0, 0.1) is 6.92 Å². The van der Waals surface area contributed by atoms with Crippen LogP contribution < -0.4 is 15.4 Å². The molecule has 0 aliphatic rings. The van der Waals surface area contributed by atoms with Gasteiger partial charge in [0, 0.05) is 38.2 Å². The molecule has 6 nitrogen and oxygen atoms in total. The lowest BCUT2D eigenvalue weighted by Crippen LogP contribution is -2.40. The van der Waals surface area contributed by atoms with E-state index in [-0.39, 0.29) is 12.1 Å². The Morgan fingerprint density at radius 3 is 2.84 bits per heavy atom. The summed E-state index contributed by atoms with van der Waals surface area (Å²) in [5, 5.41) is 6.22. The average molecular weight is 342 g/mol. The Morgan fingerprint density at radius 2 is 2.12 bits per heavy atom. The number of benzene rings is 1. The number of aromatic nitrogens is 1. The highest BCUT2D eigenvalue weighted by Crippen LogP contribution is 2.22. The summed E-state index contributed by atoms with van der Waals surface area (Å²) >= 11 is 0. The first-order valence-corrected chi connectivity index (χ1v) is 8.32. The van der Waals surface area contributed by atoms with Crippen LogP contribution in [0.4, 0.5) is 10.5 Å². The van der Waals surface area contributed by atoms with E-state index in [9.17, 15) is 4.79 Å². The van der Waals surface area contributed by atoms with Crippen molar-refractivity contribution in [2.75, 3.05) is 32.6 Å². The molecule has 0 bridgehead atoms. The number of rotatable bonds is 7. The number of aryl methyl sites for hydroxylation is 1. The van der Waals surface area contributed by atoms with Crippen molar-refractivity contribution in [3.63, 3.8) is 0 Å². The molecule has 1 aromatic carbocycles. The van der Waals surface area contributed by atoms with E-state index in [1.807, 2.05) is 50.4 Å². The van der Waals surface area contributed by atoms with Gasteiger partial charge in [-0.15, -0.1) is 0 Å². The van der Waals surface area contributed by atoms with Crippen LogP contribution in [-0.2, 0) is 0 Å². The highest BCUT2D eigenvalue weighted by molar-refractivity contribution is 5.74. The zero-order valence-electron chi connectivity index (χ0n) is 15.2. The summed E-state index contributed by atoms with van der Waals surface area (Å²) in [5.74, 6) is 0.787. The van der Waals surface area contributed by atoms with E-state index in [0.29, 0.717) is 13.1 Å². The zero-order valence-corrected chi connectivity index (χ0v) is 15.2. The molecule has 25 heavy (non-hydrogen) atoms. The van der Waals surface area contributed by atoms with Gasteiger partial charge in [0.1, 0.15) is 5.75 Å². The molecule has 0 aliphatic heterocycles. The van der Waals surface area contributed by atoms with Crippen molar-refractivity contribution in [1.82, 2.24) is 15.2 Å². The van der Waals surface area contributed by atoms with E-state index < -0.39 is 0 Å². The average Bonchev–Trinajstić information content (AvgIpc) is 2.65. The second-order valence-electron chi connectivity index (χ2n) is 5.91. The van der Waals surface area contributed by atoms with Gasteiger partial charge in [0.2, 0.25) is 0 Å². The summed E-state index contributed by atoms with van der Waals surface area (Å²) in [6.45, 7) is 5.18. The van der Waals surface area contributed by atoms with Gasteiger partial charge in [0.15, 0.2) is 0 Å². The van der Waals surface area contributed by atoms with E-state index in [4.69, 9.17) is 4.74 Å². The number of carbonyl (C=O) groups is 1. The van der Waals surface area contributed by atoms with Crippen molar-refractivity contribution in [3.8, 4) is 5.75 Å². The van der Waals surface area contributed by atoms with E-state index in [2.05, 4.69) is 15.6 Å². The van der Waals surface area contributed by atoms with Gasteiger partial charge >= 0.3 is 6.03 Å². The second-order valence-corrected chi connectivity index (χ2v) is 5.91. The zero-order chi connectivity index (χ0) is 18.2. The lowest BCUT2D eigenvalue weighted by molar-refractivity contribution is 0.195. The number of nitrogens with one attached hydrogen (secondary N) is 2. The monoisotopic (exact) mass is 342 g/mol. The standard InChI is InChI=1S/C19H26N4O2/c1-14-13-20-9-8-18(14)21-10-11-22-19(24)23(3)15(2)16-6-5-7-17(12-16)25-4/h5-9,12-13,15H,10-11H2,1-4H3,(H,20,21)(H,22,24). The highest BCUT2D eigenvalue weighted by Gasteiger charge is 2.17. The Kier molecular flexibility index (Phi) is 6.62. The molecule has 0 radical (unpaired) electrons. The van der Waals surface area contributed by atoms with Gasteiger partial charge in [0.05, 0.1) is 13.2 Å². The summed E-state index contributed by atoms with van der Waals surface area (Å²) < 4.78 is 5.24. The van der Waals surface area contributed by atoms with Gasteiger partial charge in [-0.2, -0.15) is 0 Å². The number of hydrogen-bond donors (Lipinski definition) is 2. The summed E-state index contributed by atoms with van der Waals surface area (Å²) in [6.07, 6.45) is 3.56. The normalized spacial score (nSPS) is 11.5. The molecule has 2 N–H and O–H groups in total. The van der Waals surface area contributed by atoms with Crippen LogP contribution in [0.15, 0.2) is 42.7 Å². The quantitative estimate of drug-likeness (QED) is 0.758. The van der Waals surface area contributed by atoms with Crippen molar-refractivity contribution in [2.45, 2.75) is 19.9 Å². The number of nitrogens with zero attached hydrogens (tertiary/aromatic N) is 2. The molecule has 1 aromatic heterocycles. The third-order valence-corrected chi connectivity index (χ3v) is 4.21. The van der Waals surface area contributed by atoms with E-state index >= 15 is 0 Å². The molecule has 1 atom stereocenters. The molecule has 1 heterocycles. The van der Waals surface area contributed by atoms with Crippen molar-refractivity contribution in [2.24, 2.45) is 0 Å². The minimum Gasteiger partial charge on any atom is -0.497 e. The molecule has 2 amide bonds. The van der Waals surface area contributed by atoms with Gasteiger partial charge in [0.25, 0.3) is 0 Å². The SMILES string of the molecule is COc1cccc(C(C)N(C)C(=O)NCCNc2ccncc2C)c1. The number of amides is 2. The molecular formula is C19H26N4O2. The van der Waals surface area contributed by atoms with Crippen molar-refractivity contribution < 1.29 is 9.53 Å². The van der Waals surface area contributed by atoms with Crippen LogP contribution in [0.5, 0.6) is 5.75 Å². The summed E-state index contributed by atoms with van der Waals surface area (Å²) in [6, 6.07) is 9.52. The summed E-state index contributed by atoms with van der Waals surface area (Å²) in [7, 11) is 3.43. The predicted octanol–water partition coefficient (Wildman–Crippen LogP) is 3.21. The molecule has 0 spiro atoms. The van der Waals surface area contributed by atoms with Crippen LogP contribution in [0.1, 0.15) is 24.1 Å². The fourth-order valence-corrected chi connectivity index (χ4v) is 2.46. The van der Waals surface area contributed by atoms with Gasteiger partial charge in [-0.05, 0) is 43.2 Å². The van der Waals surface area contributed by atoms with E-state index in [1.54, 1.807) is 25.3 Å². The number of urea groups is 1. The molecule has 0 saturated carbocycles. The molecule has 6 heteroatoms. The highest BCUT2D eigenvalue weighted by atomic mass is 16.5. The smallest absolute Gasteiger partial charge is 0.317 e. The Morgan fingerprint density at radius 1 is 1.32 bits per heavy atom. The first-order chi connectivity index (χ1) is 12.0. The number of pyridine rings is 1. The maximum atomic E-state index is 12.3. The number of anilines is 1. The van der Waals surface area contributed by atoms with Crippen LogP contribution in [0.25, 0.3) is 0 Å². The van der Waals surface area contributed by atoms with Gasteiger partial charge < -0.3 is 20.3 Å². The van der Waals surface area contributed by atoms with Crippen LogP contribution in [0.3, 0.4) is 0 Å². The Labute approximate surface area is 149 Å². The number of hydrogen-bond acceptors (Lipinski definition) is 4. The fraction of sp³-hybridized carbons (Fsp3) is 0.368. The third-order valence-electron chi connectivity index (χ3n) is 4.21. The van der Waals surface area contributed by atoms with Crippen molar-refractivity contribution >= 4 is 11.7 Å². The van der Waals surface area contributed by atoms with Gasteiger partial charge in [-0.25, -0.2) is 4.79 Å². The van der Waals surface area contributed by atoms with Crippen molar-refractivity contribution in [1.29, 1.82) is 0 Å². The molecule has 134 valence electrons. The molecule has 1 unspecified atom stereocenters. The van der Waals surface area contributed by atoms with Gasteiger partial charge in [-0.1, -0.05) is 12.1 Å². The van der Waals surface area contributed by atoms with E-state index in [0.717, 1.165) is 22.6 Å². The molecular weight excluding hydrogens is 316 g/mol. The molecule has 0 saturated heterocycles. The first-order valence-electron chi connectivity index (χ1n) is 8.32. The largest absolute Gasteiger partial charge is 0.497 e. The topological polar surface area (TPSA) is 66.5 Å². The van der Waals surface area contributed by atoms with Crippen LogP contribution in [-0.4, -0.2) is 43.2 Å². The Balaban J connectivity index is 1.82. The molecule has 0 aliphatic carbocycles. The van der Waals surface area contributed by atoms with Crippen LogP contribution in [0.2, 0.25) is 0 Å². The second kappa shape index (κ2) is 8.92. The Bertz CT molecular complexity index is 705. The van der Waals surface area contributed by atoms with Crippen molar-refractivity contribution in [3.05, 3.63) is 53.9 Å². The maximum Gasteiger partial charge on any atom is 0.317 e. The molecule has 2 rings (SSSR count). The molecule has 2 aromatic rings. The first kappa shape index (κ1) is 18.6. The third kappa shape index (κ3) is 5.11. The number of ether oxygens (including phenoxy) is 1. The maximum absolute atomic E-state index is 12.3. The van der Waals surface area contributed by atoms with Crippen LogP contribution >= 0.6 is 0 Å². The van der Waals surface area contributed by atoms with Gasteiger partial charge in [-0.3, -0.25) is 4.98 Å². The Hall–Kier alpha value is -2.76. The lowest BCUT2D eigenvalue weighted by Gasteiger charge is -2.26. The number of carbonyl (C=O) groups excluding carboxylic acids is 1. The predicted molar refractivity (Wildman–Crippen MR) is 100 cm³/mol. The minimum atomic E-state index is -0.108. The molecule has 0 fully saturated rings. The number of methoxy groups -OCH3 is 1. The fourth-order valence-electron chi connectivity index (χ4n) is 2.46.